The first kappa shape index (κ1) is 32.3. The van der Waals surface area contributed by atoms with E-state index in [9.17, 15) is 19.2 Å². The number of Topliss-reactive ketones (excluding diaryl/α,β-unsaturated/α-hetero) is 1. The molecule has 188 valence electrons. The normalized spacial score (nSPS) is 12.7. The Morgan fingerprint density at radius 1 is 0.844 bits per heavy atom. The summed E-state index contributed by atoms with van der Waals surface area (Å²) >= 11 is 0. The first-order valence-corrected chi connectivity index (χ1v) is 11.5. The number of cyclic esters (lactones) is 2. The van der Waals surface area contributed by atoms with Crippen LogP contribution in [-0.2, 0) is 33.4 Å². The van der Waals surface area contributed by atoms with Crippen LogP contribution in [0.15, 0.2) is 0 Å². The van der Waals surface area contributed by atoms with Crippen molar-refractivity contribution in [3.8, 4) is 0 Å². The van der Waals surface area contributed by atoms with Gasteiger partial charge in [0.1, 0.15) is 5.78 Å². The van der Waals surface area contributed by atoms with Gasteiger partial charge in [-0.15, -0.1) is 0 Å². The van der Waals surface area contributed by atoms with Crippen molar-refractivity contribution in [2.75, 3.05) is 19.8 Å². The summed E-state index contributed by atoms with van der Waals surface area (Å²) in [7, 11) is 0. The Bertz CT molecular complexity index is 506. The smallest absolute Gasteiger partial charge is 0.314 e. The van der Waals surface area contributed by atoms with Gasteiger partial charge in [0.15, 0.2) is 0 Å². The molecule has 0 saturated carbocycles. The fourth-order valence-electron chi connectivity index (χ4n) is 2.29. The molecule has 3 N–H and O–H groups in total. The lowest BCUT2D eigenvalue weighted by Gasteiger charge is -2.06. The molecule has 1 heterocycles. The van der Waals surface area contributed by atoms with E-state index in [1.807, 2.05) is 27.7 Å². The van der Waals surface area contributed by atoms with E-state index in [-0.39, 0.29) is 37.6 Å². The van der Waals surface area contributed by atoms with Crippen molar-refractivity contribution < 1.29 is 38.5 Å². The van der Waals surface area contributed by atoms with E-state index < -0.39 is 17.9 Å². The van der Waals surface area contributed by atoms with Crippen molar-refractivity contribution in [2.45, 2.75) is 104 Å². The lowest BCUT2D eigenvalue weighted by molar-refractivity contribution is -0.152. The monoisotopic (exact) mass is 461 g/mol. The molecule has 0 atom stereocenters. The van der Waals surface area contributed by atoms with Crippen molar-refractivity contribution in [3.05, 3.63) is 0 Å². The van der Waals surface area contributed by atoms with Crippen LogP contribution in [0, 0.1) is 0 Å². The summed E-state index contributed by atoms with van der Waals surface area (Å²) in [5.41, 5.74) is 5.29. The Balaban J connectivity index is 0. The highest BCUT2D eigenvalue weighted by molar-refractivity contribution is 5.92. The van der Waals surface area contributed by atoms with Crippen molar-refractivity contribution in [1.29, 1.82) is 0 Å². The Hall–Kier alpha value is -1.84. The van der Waals surface area contributed by atoms with Crippen LogP contribution in [-0.4, -0.2) is 60.8 Å². The van der Waals surface area contributed by atoms with Gasteiger partial charge in [-0.2, -0.15) is 0 Å². The zero-order valence-corrected chi connectivity index (χ0v) is 20.2. The van der Waals surface area contributed by atoms with Crippen LogP contribution in [0.5, 0.6) is 0 Å². The van der Waals surface area contributed by atoms with Crippen molar-refractivity contribution in [3.63, 3.8) is 0 Å². The van der Waals surface area contributed by atoms with Crippen LogP contribution in [0.2, 0.25) is 0 Å². The van der Waals surface area contributed by atoms with Gasteiger partial charge in [-0.25, -0.2) is 0 Å². The van der Waals surface area contributed by atoms with Crippen LogP contribution in [0.1, 0.15) is 91.9 Å². The van der Waals surface area contributed by atoms with Gasteiger partial charge in [0, 0.05) is 26.1 Å². The molecule has 0 amide bonds. The first-order valence-electron chi connectivity index (χ1n) is 11.5. The van der Waals surface area contributed by atoms with E-state index in [4.69, 9.17) is 20.3 Å². The minimum Gasteiger partial charge on any atom is -0.481 e. The van der Waals surface area contributed by atoms with Gasteiger partial charge in [0.05, 0.1) is 31.5 Å². The molecule has 0 bridgehead atoms. The van der Waals surface area contributed by atoms with E-state index in [1.165, 1.54) is 0 Å². The van der Waals surface area contributed by atoms with Gasteiger partial charge >= 0.3 is 17.9 Å². The maximum atomic E-state index is 11.2. The first-order chi connectivity index (χ1) is 15.1. The second-order valence-corrected chi connectivity index (χ2v) is 7.92. The third-order valence-corrected chi connectivity index (χ3v) is 3.98. The number of carboxylic acids is 1. The molecule has 0 spiro atoms. The maximum absolute atomic E-state index is 11.2. The predicted molar refractivity (Wildman–Crippen MR) is 121 cm³/mol. The van der Waals surface area contributed by atoms with Gasteiger partial charge in [-0.3, -0.25) is 19.2 Å². The van der Waals surface area contributed by atoms with E-state index in [2.05, 4.69) is 4.74 Å². The van der Waals surface area contributed by atoms with Gasteiger partial charge in [0.2, 0.25) is 0 Å². The zero-order chi connectivity index (χ0) is 24.8. The number of carbonyl (C=O) groups is 4. The molecule has 1 aliphatic heterocycles. The number of ether oxygens (including phenoxy) is 3. The molecule has 1 rings (SSSR count). The summed E-state index contributed by atoms with van der Waals surface area (Å²) in [6.45, 7) is 10.5. The summed E-state index contributed by atoms with van der Waals surface area (Å²) in [5, 5.41) is 8.39. The summed E-state index contributed by atoms with van der Waals surface area (Å²) in [4.78, 5) is 41.4. The number of esters is 2. The van der Waals surface area contributed by atoms with Crippen LogP contribution in [0.25, 0.3) is 0 Å². The molecule has 1 saturated heterocycles. The van der Waals surface area contributed by atoms with Gasteiger partial charge in [-0.05, 0) is 59.9 Å². The largest absolute Gasteiger partial charge is 0.481 e. The number of rotatable bonds is 15. The van der Waals surface area contributed by atoms with Crippen LogP contribution >= 0.6 is 0 Å². The lowest BCUT2D eigenvalue weighted by Crippen LogP contribution is -2.06. The molecule has 9 nitrogen and oxygen atoms in total. The van der Waals surface area contributed by atoms with Gasteiger partial charge in [0.25, 0.3) is 0 Å². The molecule has 1 fully saturated rings. The highest BCUT2D eigenvalue weighted by Crippen LogP contribution is 2.05. The minimum atomic E-state index is -0.904. The Kier molecular flexibility index (Phi) is 22.6. The third-order valence-electron chi connectivity index (χ3n) is 3.98. The molecule has 0 aromatic heterocycles. The van der Waals surface area contributed by atoms with Gasteiger partial charge in [-0.1, -0.05) is 6.42 Å². The van der Waals surface area contributed by atoms with E-state index in [0.717, 1.165) is 51.9 Å². The van der Waals surface area contributed by atoms with Crippen molar-refractivity contribution in [2.24, 2.45) is 5.73 Å². The number of nitrogens with two attached hydrogens (primary N) is 1. The summed E-state index contributed by atoms with van der Waals surface area (Å²) < 4.78 is 14.7. The molecule has 0 aliphatic carbocycles. The lowest BCUT2D eigenvalue weighted by atomic mass is 10.1. The van der Waals surface area contributed by atoms with Crippen LogP contribution in [0.3, 0.4) is 0 Å². The molecular weight excluding hydrogens is 418 g/mol. The maximum Gasteiger partial charge on any atom is 0.314 e. The second kappa shape index (κ2) is 22.4. The standard InChI is InChI=1S/C12H22O4.C7H17NO.C4H4O3/c1-10(2)16-9-5-3-4-6-11(13)7-8-12(14)15;1-7(2)9-6-4-3-5-8;5-3-1-2-4(6)7-3/h10H,3-9H2,1-2H3,(H,14,15);7H,3-6,8H2,1-2H3;1-2H2. The Morgan fingerprint density at radius 2 is 1.34 bits per heavy atom. The Morgan fingerprint density at radius 3 is 1.72 bits per heavy atom. The minimum absolute atomic E-state index is 0.0463. The fraction of sp³-hybridized carbons (Fsp3) is 0.826. The second-order valence-electron chi connectivity index (χ2n) is 7.92. The SMILES string of the molecule is CC(C)OCCCCCC(=O)CCC(=O)O.CC(C)OCCCCN.O=C1CCC(=O)O1. The molecule has 0 radical (unpaired) electrons. The molecule has 1 aliphatic rings. The number of carbonyl (C=O) groups excluding carboxylic acids is 3. The molecule has 9 heteroatoms. The molecule has 0 aromatic rings. The summed E-state index contributed by atoms with van der Waals surface area (Å²) in [6.07, 6.45) is 6.69. The highest BCUT2D eigenvalue weighted by Gasteiger charge is 2.19. The highest BCUT2D eigenvalue weighted by atomic mass is 16.6. The van der Waals surface area contributed by atoms with Crippen molar-refractivity contribution in [1.82, 2.24) is 0 Å². The third kappa shape index (κ3) is 28.2. The summed E-state index contributed by atoms with van der Waals surface area (Å²) in [6, 6.07) is 0. The average Bonchev–Trinajstić information content (AvgIpc) is 3.09. The van der Waals surface area contributed by atoms with Crippen LogP contribution in [0.4, 0.5) is 0 Å². The van der Waals surface area contributed by atoms with Crippen molar-refractivity contribution >= 4 is 23.7 Å². The zero-order valence-electron chi connectivity index (χ0n) is 20.2. The van der Waals surface area contributed by atoms with E-state index in [0.29, 0.717) is 12.5 Å². The average molecular weight is 462 g/mol. The molecular formula is C23H43NO8. The molecule has 32 heavy (non-hydrogen) atoms. The number of unbranched alkanes of at least 4 members (excludes halogenated alkanes) is 3. The summed E-state index contributed by atoms with van der Waals surface area (Å²) in [5.74, 6) is -1.65. The molecule has 0 aromatic carbocycles. The topological polar surface area (TPSA) is 142 Å². The van der Waals surface area contributed by atoms with Crippen LogP contribution < -0.4 is 5.73 Å². The number of hydrogen-bond donors (Lipinski definition) is 2. The quantitative estimate of drug-likeness (QED) is 0.213. The van der Waals surface area contributed by atoms with E-state index in [1.54, 1.807) is 0 Å². The van der Waals surface area contributed by atoms with Gasteiger partial charge < -0.3 is 25.1 Å². The molecule has 0 unspecified atom stereocenters. The predicted octanol–water partition coefficient (Wildman–Crippen LogP) is 3.41. The number of aliphatic carboxylic acids is 1. The van der Waals surface area contributed by atoms with E-state index >= 15 is 0 Å². The fourth-order valence-corrected chi connectivity index (χ4v) is 2.29. The number of carboxylic acid groups (broad SMARTS) is 1. The number of ketones is 1. The Labute approximate surface area is 192 Å². The number of hydrogen-bond acceptors (Lipinski definition) is 8.